The van der Waals surface area contributed by atoms with Crippen molar-refractivity contribution in [3.05, 3.63) is 315 Å². The van der Waals surface area contributed by atoms with Gasteiger partial charge in [-0.2, -0.15) is 0 Å². The first-order chi connectivity index (χ1) is 43.7. The van der Waals surface area contributed by atoms with E-state index < -0.39 is 0 Å². The van der Waals surface area contributed by atoms with Crippen LogP contribution >= 0.6 is 0 Å². The average molecular weight is 1110 g/mol. The van der Waals surface area contributed by atoms with Crippen LogP contribution in [0.25, 0.3) is 65.3 Å². The second-order valence-electron chi connectivity index (χ2n) is 23.9. The molecule has 0 spiro atoms. The van der Waals surface area contributed by atoms with Crippen molar-refractivity contribution in [2.24, 2.45) is 0 Å². The first-order valence-electron chi connectivity index (χ1n) is 30.6. The van der Waals surface area contributed by atoms with Crippen molar-refractivity contribution in [3.8, 4) is 22.3 Å². The Morgan fingerprint density at radius 2 is 0.466 bits per heavy atom. The number of rotatable bonds is 6. The van der Waals surface area contributed by atoms with Crippen molar-refractivity contribution in [3.63, 3.8) is 0 Å². The van der Waals surface area contributed by atoms with Crippen molar-refractivity contribution >= 4 is 158 Å². The SMILES string of the molecule is c1ccc(N2c3ccccc3B3c4cc5c(cc4N(c4ccccc4)c4cc(-c6c7ccccc7cc7ccccc67)cc2c43)N(c2ccccc2)c2cc(-c3c4ccccc4cc4ccccc34)cc3c2B5c2ccccc2N3c2ccccc2)cc1. The van der Waals surface area contributed by atoms with Gasteiger partial charge in [0.25, 0.3) is 13.4 Å². The van der Waals surface area contributed by atoms with E-state index in [1.807, 2.05) is 0 Å². The van der Waals surface area contributed by atoms with Crippen molar-refractivity contribution in [1.82, 2.24) is 0 Å². The van der Waals surface area contributed by atoms with Crippen LogP contribution in [0.2, 0.25) is 0 Å². The van der Waals surface area contributed by atoms with Crippen LogP contribution in [0.5, 0.6) is 0 Å². The van der Waals surface area contributed by atoms with Gasteiger partial charge in [-0.15, -0.1) is 0 Å². The molecule has 4 heterocycles. The Bertz CT molecular complexity index is 4940. The topological polar surface area (TPSA) is 13.0 Å². The predicted molar refractivity (Wildman–Crippen MR) is 375 cm³/mol. The molecule has 0 radical (unpaired) electrons. The molecular weight excluding hydrogens is 1060 g/mol. The maximum absolute atomic E-state index is 2.65. The van der Waals surface area contributed by atoms with Gasteiger partial charge in [-0.3, -0.25) is 0 Å². The number of benzene rings is 15. The van der Waals surface area contributed by atoms with Crippen molar-refractivity contribution < 1.29 is 0 Å². The second-order valence-corrected chi connectivity index (χ2v) is 23.9. The minimum Gasteiger partial charge on any atom is -0.311 e. The average Bonchev–Trinajstić information content (AvgIpc) is 0.726. The maximum Gasteiger partial charge on any atom is 0.252 e. The summed E-state index contributed by atoms with van der Waals surface area (Å²) in [5.74, 6) is 0. The smallest absolute Gasteiger partial charge is 0.252 e. The molecule has 4 aliphatic rings. The zero-order valence-corrected chi connectivity index (χ0v) is 48.0. The third kappa shape index (κ3) is 7.11. The molecule has 0 aromatic heterocycles. The Kier molecular flexibility index (Phi) is 10.6. The molecule has 0 N–H and O–H groups in total. The zero-order valence-electron chi connectivity index (χ0n) is 48.0. The number of hydrogen-bond acceptors (Lipinski definition) is 4. The molecule has 19 rings (SSSR count). The van der Waals surface area contributed by atoms with Crippen LogP contribution in [-0.4, -0.2) is 13.4 Å². The van der Waals surface area contributed by atoms with Crippen LogP contribution in [0, 0.1) is 0 Å². The highest BCUT2D eigenvalue weighted by Crippen LogP contribution is 2.52. The minimum absolute atomic E-state index is 0.132. The number of fused-ring (bicyclic) bond motifs is 12. The quantitative estimate of drug-likeness (QED) is 0.121. The van der Waals surface area contributed by atoms with E-state index in [0.717, 1.165) is 34.1 Å². The molecule has 4 aliphatic heterocycles. The van der Waals surface area contributed by atoms with Crippen LogP contribution in [0.15, 0.2) is 315 Å². The molecule has 406 valence electrons. The van der Waals surface area contributed by atoms with Crippen molar-refractivity contribution in [2.75, 3.05) is 19.6 Å². The summed E-state index contributed by atoms with van der Waals surface area (Å²) in [5.41, 5.74) is 26.3. The van der Waals surface area contributed by atoms with E-state index in [4.69, 9.17) is 0 Å². The van der Waals surface area contributed by atoms with E-state index >= 15 is 0 Å². The number of anilines is 12. The summed E-state index contributed by atoms with van der Waals surface area (Å²) < 4.78 is 0. The summed E-state index contributed by atoms with van der Waals surface area (Å²) in [6.07, 6.45) is 0. The van der Waals surface area contributed by atoms with Gasteiger partial charge in [-0.1, -0.05) is 212 Å². The summed E-state index contributed by atoms with van der Waals surface area (Å²) in [4.78, 5) is 10.3. The fraction of sp³-hybridized carbons (Fsp3) is 0. The lowest BCUT2D eigenvalue weighted by atomic mass is 9.30. The largest absolute Gasteiger partial charge is 0.311 e. The van der Waals surface area contributed by atoms with E-state index in [2.05, 4.69) is 335 Å². The molecule has 4 nitrogen and oxygen atoms in total. The standard InChI is InChI=1S/C82H52B2N4/c1-5-29-59(30-6-1)85-71-43-23-21-41-67(71)83-69-51-70-74(52-73(69)87(61-33-9-3-10-34-61)77-49-57(47-75(85)81(77)83)79-63-37-17-13-25-53(63)45-54-26-14-18-38-64(54)79)88(62-35-11-4-12-36-62)78-50-58(80-65-39-19-15-27-55(65)46-56-28-16-20-40-66(56)80)48-76-82(78)84(70)68-42-22-24-44-72(68)86(76)60-31-7-2-8-32-60/h1-52H. The third-order valence-electron chi connectivity index (χ3n) is 19.2. The van der Waals surface area contributed by atoms with Gasteiger partial charge in [0, 0.05) is 68.2 Å². The van der Waals surface area contributed by atoms with Crippen LogP contribution in [-0.2, 0) is 0 Å². The Hall–Kier alpha value is -11.3. The number of hydrogen-bond donors (Lipinski definition) is 0. The minimum atomic E-state index is -0.132. The van der Waals surface area contributed by atoms with E-state index in [9.17, 15) is 0 Å². The highest BCUT2D eigenvalue weighted by Gasteiger charge is 2.48. The van der Waals surface area contributed by atoms with Crippen LogP contribution in [0.1, 0.15) is 0 Å². The first-order valence-corrected chi connectivity index (χ1v) is 30.6. The Morgan fingerprint density at radius 1 is 0.193 bits per heavy atom. The molecule has 0 saturated carbocycles. The van der Waals surface area contributed by atoms with Crippen molar-refractivity contribution in [2.45, 2.75) is 0 Å². The molecular formula is C82H52B2N4. The molecule has 0 bridgehead atoms. The lowest BCUT2D eigenvalue weighted by Crippen LogP contribution is -2.65. The molecule has 0 fully saturated rings. The van der Waals surface area contributed by atoms with Gasteiger partial charge in [-0.05, 0) is 201 Å². The maximum atomic E-state index is 2.65. The number of para-hydroxylation sites is 6. The molecule has 15 aromatic carbocycles. The first kappa shape index (κ1) is 49.0. The summed E-state index contributed by atoms with van der Waals surface area (Å²) in [6, 6.07) is 118. The summed E-state index contributed by atoms with van der Waals surface area (Å²) in [6.45, 7) is -0.264. The van der Waals surface area contributed by atoms with Gasteiger partial charge >= 0.3 is 0 Å². The van der Waals surface area contributed by atoms with Gasteiger partial charge in [-0.25, -0.2) is 0 Å². The highest BCUT2D eigenvalue weighted by atomic mass is 15.2. The lowest BCUT2D eigenvalue weighted by Gasteiger charge is -2.47. The predicted octanol–water partition coefficient (Wildman–Crippen LogP) is 17.8. The highest BCUT2D eigenvalue weighted by molar-refractivity contribution is 7.03. The Morgan fingerprint density at radius 3 is 0.795 bits per heavy atom. The Balaban J connectivity index is 0.954. The second kappa shape index (κ2) is 19.1. The normalized spacial score (nSPS) is 13.3. The van der Waals surface area contributed by atoms with E-state index in [-0.39, 0.29) is 13.4 Å². The third-order valence-corrected chi connectivity index (χ3v) is 19.2. The van der Waals surface area contributed by atoms with Crippen LogP contribution < -0.4 is 52.4 Å². The fourth-order valence-corrected chi connectivity index (χ4v) is 15.7. The molecule has 0 amide bonds. The molecule has 0 atom stereocenters. The molecule has 0 aliphatic carbocycles. The van der Waals surface area contributed by atoms with E-state index in [0.29, 0.717) is 0 Å². The molecule has 0 unspecified atom stereocenters. The zero-order chi connectivity index (χ0) is 57.6. The fourth-order valence-electron chi connectivity index (χ4n) is 15.7. The van der Waals surface area contributed by atoms with E-state index in [1.54, 1.807) is 0 Å². The monoisotopic (exact) mass is 1110 g/mol. The van der Waals surface area contributed by atoms with Gasteiger partial charge < -0.3 is 19.6 Å². The summed E-state index contributed by atoms with van der Waals surface area (Å²) in [7, 11) is 0. The number of nitrogens with zero attached hydrogens (tertiary/aromatic N) is 4. The molecule has 6 heteroatoms. The van der Waals surface area contributed by atoms with Crippen molar-refractivity contribution in [1.29, 1.82) is 0 Å². The van der Waals surface area contributed by atoms with Gasteiger partial charge in [0.15, 0.2) is 0 Å². The molecule has 88 heavy (non-hydrogen) atoms. The molecule has 0 saturated heterocycles. The van der Waals surface area contributed by atoms with Gasteiger partial charge in [0.05, 0.1) is 0 Å². The summed E-state index contributed by atoms with van der Waals surface area (Å²) in [5, 5.41) is 9.81. The molecule has 15 aromatic rings. The van der Waals surface area contributed by atoms with Gasteiger partial charge in [0.2, 0.25) is 0 Å². The van der Waals surface area contributed by atoms with Gasteiger partial charge in [0.1, 0.15) is 0 Å². The summed E-state index contributed by atoms with van der Waals surface area (Å²) >= 11 is 0. The van der Waals surface area contributed by atoms with E-state index in [1.165, 1.54) is 132 Å². The lowest BCUT2D eigenvalue weighted by molar-refractivity contribution is 1.23. The van der Waals surface area contributed by atoms with Crippen LogP contribution in [0.4, 0.5) is 68.2 Å². The Labute approximate surface area is 511 Å². The van der Waals surface area contributed by atoms with Crippen LogP contribution in [0.3, 0.4) is 0 Å².